The van der Waals surface area contributed by atoms with Crippen LogP contribution in [0.3, 0.4) is 0 Å². The molecule has 0 spiro atoms. The van der Waals surface area contributed by atoms with Gasteiger partial charge in [-0.1, -0.05) is 13.8 Å². The second-order valence-corrected chi connectivity index (χ2v) is 5.95. The summed E-state index contributed by atoms with van der Waals surface area (Å²) < 4.78 is 0. The first-order valence-corrected chi connectivity index (χ1v) is 6.85. The van der Waals surface area contributed by atoms with E-state index < -0.39 is 11.5 Å². The van der Waals surface area contributed by atoms with E-state index in [4.69, 9.17) is 5.11 Å². The van der Waals surface area contributed by atoms with Gasteiger partial charge < -0.3 is 15.3 Å². The summed E-state index contributed by atoms with van der Waals surface area (Å²) >= 11 is 0. The van der Waals surface area contributed by atoms with Gasteiger partial charge in [0.1, 0.15) is 5.54 Å². The smallest absolute Gasteiger partial charge is 0.323 e. The predicted molar refractivity (Wildman–Crippen MR) is 75.9 cm³/mol. The number of nitrogens with zero attached hydrogens (tertiary/aromatic N) is 1. The summed E-state index contributed by atoms with van der Waals surface area (Å²) in [5.74, 6) is -0.0769. The summed E-state index contributed by atoms with van der Waals surface area (Å²) in [6.45, 7) is 9.37. The quantitative estimate of drug-likeness (QED) is 0.665. The van der Waals surface area contributed by atoms with Crippen molar-refractivity contribution in [1.29, 1.82) is 0 Å². The van der Waals surface area contributed by atoms with Gasteiger partial charge in [-0.25, -0.2) is 0 Å². The summed E-state index contributed by atoms with van der Waals surface area (Å²) in [5.41, 5.74) is -0.803. The van der Waals surface area contributed by atoms with Crippen molar-refractivity contribution >= 4 is 5.97 Å². The van der Waals surface area contributed by atoms with E-state index in [1.165, 1.54) is 6.42 Å². The Morgan fingerprint density at radius 2 is 1.94 bits per heavy atom. The van der Waals surface area contributed by atoms with Gasteiger partial charge in [-0.3, -0.25) is 4.79 Å². The van der Waals surface area contributed by atoms with Gasteiger partial charge in [0.2, 0.25) is 0 Å². The molecule has 4 heteroatoms. The first kappa shape index (κ1) is 17.4. The highest BCUT2D eigenvalue weighted by molar-refractivity contribution is 5.78. The molecule has 18 heavy (non-hydrogen) atoms. The monoisotopic (exact) mass is 258 g/mol. The van der Waals surface area contributed by atoms with Crippen LogP contribution in [0, 0.1) is 5.92 Å². The molecule has 0 fully saturated rings. The number of carbonyl (C=O) groups is 1. The van der Waals surface area contributed by atoms with Crippen LogP contribution >= 0.6 is 0 Å². The third kappa shape index (κ3) is 5.83. The number of carboxylic acids is 1. The van der Waals surface area contributed by atoms with Gasteiger partial charge in [-0.15, -0.1) is 0 Å². The molecular weight excluding hydrogens is 228 g/mol. The van der Waals surface area contributed by atoms with Crippen molar-refractivity contribution in [3.63, 3.8) is 0 Å². The lowest BCUT2D eigenvalue weighted by atomic mass is 9.96. The molecule has 0 bridgehead atoms. The molecule has 2 atom stereocenters. The van der Waals surface area contributed by atoms with Gasteiger partial charge in [0.25, 0.3) is 0 Å². The lowest BCUT2D eigenvalue weighted by Crippen LogP contribution is -2.48. The number of rotatable bonds is 9. The summed E-state index contributed by atoms with van der Waals surface area (Å²) in [4.78, 5) is 13.4. The minimum atomic E-state index is -0.803. The van der Waals surface area contributed by atoms with E-state index >= 15 is 0 Å². The number of likely N-dealkylation sites (N-methyl/N-ethyl adjacent to an activating group) is 1. The highest BCUT2D eigenvalue weighted by Gasteiger charge is 2.30. The van der Waals surface area contributed by atoms with E-state index in [-0.39, 0.29) is 0 Å². The molecule has 0 amide bonds. The van der Waals surface area contributed by atoms with Crippen LogP contribution in [0.2, 0.25) is 0 Å². The molecule has 2 unspecified atom stereocenters. The van der Waals surface area contributed by atoms with Crippen molar-refractivity contribution in [1.82, 2.24) is 10.2 Å². The molecule has 0 aliphatic heterocycles. The topological polar surface area (TPSA) is 52.6 Å². The van der Waals surface area contributed by atoms with Gasteiger partial charge in [-0.2, -0.15) is 0 Å². The highest BCUT2D eigenvalue weighted by atomic mass is 16.4. The molecule has 0 aromatic heterocycles. The second kappa shape index (κ2) is 7.74. The largest absolute Gasteiger partial charge is 0.480 e. The number of carboxylic acid groups (broad SMARTS) is 1. The van der Waals surface area contributed by atoms with Crippen LogP contribution in [0.15, 0.2) is 0 Å². The molecule has 0 aromatic carbocycles. The van der Waals surface area contributed by atoms with E-state index in [1.54, 1.807) is 14.0 Å². The molecule has 108 valence electrons. The van der Waals surface area contributed by atoms with Crippen LogP contribution in [-0.2, 0) is 4.79 Å². The number of hydrogen-bond donors (Lipinski definition) is 2. The maximum absolute atomic E-state index is 11.1. The fraction of sp³-hybridized carbons (Fsp3) is 0.929. The summed E-state index contributed by atoms with van der Waals surface area (Å²) in [6.07, 6.45) is 2.72. The Hall–Kier alpha value is -0.610. The van der Waals surface area contributed by atoms with E-state index in [0.29, 0.717) is 18.4 Å². The first-order valence-electron chi connectivity index (χ1n) is 6.85. The van der Waals surface area contributed by atoms with Crippen LogP contribution in [0.25, 0.3) is 0 Å². The molecule has 0 saturated carbocycles. The Morgan fingerprint density at radius 1 is 1.39 bits per heavy atom. The lowest BCUT2D eigenvalue weighted by Gasteiger charge is -2.28. The van der Waals surface area contributed by atoms with Crippen LogP contribution in [-0.4, -0.2) is 48.2 Å². The average molecular weight is 258 g/mol. The molecule has 0 rings (SSSR count). The number of nitrogens with one attached hydrogen (secondary N) is 1. The van der Waals surface area contributed by atoms with Crippen LogP contribution in [0.4, 0.5) is 0 Å². The zero-order valence-electron chi connectivity index (χ0n) is 12.8. The van der Waals surface area contributed by atoms with Crippen molar-refractivity contribution in [2.45, 2.75) is 58.5 Å². The molecule has 0 aliphatic carbocycles. The Labute approximate surface area is 112 Å². The molecule has 0 radical (unpaired) electrons. The zero-order chi connectivity index (χ0) is 14.3. The fourth-order valence-corrected chi connectivity index (χ4v) is 2.10. The van der Waals surface area contributed by atoms with Crippen molar-refractivity contribution in [3.8, 4) is 0 Å². The minimum Gasteiger partial charge on any atom is -0.480 e. The minimum absolute atomic E-state index is 0.552. The fourth-order valence-electron chi connectivity index (χ4n) is 2.10. The van der Waals surface area contributed by atoms with Crippen LogP contribution in [0.1, 0.15) is 47.0 Å². The Bertz CT molecular complexity index is 256. The van der Waals surface area contributed by atoms with Gasteiger partial charge in [0.15, 0.2) is 0 Å². The zero-order valence-corrected chi connectivity index (χ0v) is 12.8. The number of hydrogen-bond acceptors (Lipinski definition) is 3. The van der Waals surface area contributed by atoms with Gasteiger partial charge in [0.05, 0.1) is 0 Å². The number of aliphatic carboxylic acids is 1. The lowest BCUT2D eigenvalue weighted by molar-refractivity contribution is -0.144. The molecule has 0 aromatic rings. The van der Waals surface area contributed by atoms with Crippen molar-refractivity contribution < 1.29 is 9.90 Å². The first-order chi connectivity index (χ1) is 8.23. The third-order valence-corrected chi connectivity index (χ3v) is 3.78. The third-order valence-electron chi connectivity index (χ3n) is 3.78. The predicted octanol–water partition coefficient (Wildman–Crippen LogP) is 2.20. The molecule has 2 N–H and O–H groups in total. The van der Waals surface area contributed by atoms with Gasteiger partial charge in [-0.05, 0) is 59.7 Å². The van der Waals surface area contributed by atoms with E-state index in [9.17, 15) is 4.79 Å². The SMILES string of the molecule is CNC(C)(CCCN(C)C(C)CC(C)C)C(=O)O. The van der Waals surface area contributed by atoms with Crippen molar-refractivity contribution in [2.24, 2.45) is 5.92 Å². The van der Waals surface area contributed by atoms with Crippen molar-refractivity contribution in [2.75, 3.05) is 20.6 Å². The normalized spacial score (nSPS) is 16.9. The second-order valence-electron chi connectivity index (χ2n) is 5.95. The van der Waals surface area contributed by atoms with E-state index in [0.717, 1.165) is 13.0 Å². The van der Waals surface area contributed by atoms with E-state index in [1.807, 2.05) is 0 Å². The van der Waals surface area contributed by atoms with Gasteiger partial charge in [0, 0.05) is 6.04 Å². The highest BCUT2D eigenvalue weighted by Crippen LogP contribution is 2.14. The average Bonchev–Trinajstić information content (AvgIpc) is 2.27. The van der Waals surface area contributed by atoms with Gasteiger partial charge >= 0.3 is 5.97 Å². The molecular formula is C14H30N2O2. The maximum atomic E-state index is 11.1. The Kier molecular flexibility index (Phi) is 7.48. The van der Waals surface area contributed by atoms with Crippen LogP contribution < -0.4 is 5.32 Å². The summed E-state index contributed by atoms with van der Waals surface area (Å²) in [6, 6.07) is 0.552. The Balaban J connectivity index is 4.07. The summed E-state index contributed by atoms with van der Waals surface area (Å²) in [7, 11) is 3.82. The molecule has 4 nitrogen and oxygen atoms in total. The standard InChI is InChI=1S/C14H30N2O2/c1-11(2)10-12(3)16(6)9-7-8-14(4,15-5)13(17)18/h11-12,15H,7-10H2,1-6H3,(H,17,18). The van der Waals surface area contributed by atoms with Crippen molar-refractivity contribution in [3.05, 3.63) is 0 Å². The molecule has 0 saturated heterocycles. The Morgan fingerprint density at radius 3 is 2.33 bits per heavy atom. The van der Waals surface area contributed by atoms with E-state index in [2.05, 4.69) is 38.0 Å². The molecule has 0 heterocycles. The summed E-state index contributed by atoms with van der Waals surface area (Å²) in [5, 5.41) is 12.0. The maximum Gasteiger partial charge on any atom is 0.323 e. The van der Waals surface area contributed by atoms with Crippen LogP contribution in [0.5, 0.6) is 0 Å². The molecule has 0 aliphatic rings.